The molecule has 1 saturated carbocycles. The molecule has 0 bridgehead atoms. The molecule has 0 N–H and O–H groups in total. The summed E-state index contributed by atoms with van der Waals surface area (Å²) in [6.45, 7) is 4.72. The Labute approximate surface area is 111 Å². The summed E-state index contributed by atoms with van der Waals surface area (Å²) < 4.78 is 0. The average molecular weight is 243 g/mol. The molecule has 98 valence electrons. The Morgan fingerprint density at radius 2 is 1.72 bits per heavy atom. The van der Waals surface area contributed by atoms with Gasteiger partial charge in [0.15, 0.2) is 0 Å². The summed E-state index contributed by atoms with van der Waals surface area (Å²) in [5, 5.41) is 0. The van der Waals surface area contributed by atoms with Crippen molar-refractivity contribution in [3.05, 3.63) is 29.8 Å². The lowest BCUT2D eigenvalue weighted by molar-refractivity contribution is 0.236. The minimum atomic E-state index is 0.473. The Bertz CT molecular complexity index is 415. The average Bonchev–Trinajstić information content (AvgIpc) is 2.39. The Morgan fingerprint density at radius 1 is 1.00 bits per heavy atom. The third-order valence-corrected chi connectivity index (χ3v) is 4.92. The van der Waals surface area contributed by atoms with E-state index in [0.29, 0.717) is 11.6 Å². The second-order valence-electron chi connectivity index (χ2n) is 6.38. The third kappa shape index (κ3) is 1.84. The molecule has 1 heteroatoms. The highest BCUT2D eigenvalue weighted by Crippen LogP contribution is 2.45. The van der Waals surface area contributed by atoms with Gasteiger partial charge in [-0.05, 0) is 51.2 Å². The molecule has 1 aromatic rings. The number of benzene rings is 1. The molecular weight excluding hydrogens is 218 g/mol. The Hall–Kier alpha value is -0.980. The van der Waals surface area contributed by atoms with Crippen LogP contribution < -0.4 is 4.90 Å². The second kappa shape index (κ2) is 4.60. The van der Waals surface area contributed by atoms with Crippen LogP contribution in [0.15, 0.2) is 24.3 Å². The number of hydrogen-bond donors (Lipinski definition) is 0. The zero-order chi connectivity index (χ0) is 12.6. The highest BCUT2D eigenvalue weighted by molar-refractivity contribution is 5.59. The molecule has 1 spiro atoms. The molecule has 1 heterocycles. The quantitative estimate of drug-likeness (QED) is 0.699. The molecule has 18 heavy (non-hydrogen) atoms. The van der Waals surface area contributed by atoms with Gasteiger partial charge in [0.2, 0.25) is 0 Å². The van der Waals surface area contributed by atoms with Crippen molar-refractivity contribution in [2.24, 2.45) is 0 Å². The molecule has 1 nitrogen and oxygen atoms in total. The largest absolute Gasteiger partial charge is 0.363 e. The minimum absolute atomic E-state index is 0.473. The summed E-state index contributed by atoms with van der Waals surface area (Å²) in [5.74, 6) is 0. The van der Waals surface area contributed by atoms with Crippen molar-refractivity contribution in [1.82, 2.24) is 0 Å². The number of hydrogen-bond acceptors (Lipinski definition) is 1. The fourth-order valence-electron chi connectivity index (χ4n) is 4.23. The van der Waals surface area contributed by atoms with Crippen LogP contribution in [-0.2, 0) is 6.42 Å². The van der Waals surface area contributed by atoms with E-state index in [0.717, 1.165) is 0 Å². The molecule has 1 aliphatic carbocycles. The first-order chi connectivity index (χ1) is 8.73. The van der Waals surface area contributed by atoms with Gasteiger partial charge in [-0.1, -0.05) is 37.5 Å². The number of rotatable bonds is 1. The molecule has 0 radical (unpaired) electrons. The monoisotopic (exact) mass is 243 g/mol. The number of aryl methyl sites for hydroxylation is 1. The molecule has 1 aliphatic heterocycles. The van der Waals surface area contributed by atoms with Crippen molar-refractivity contribution in [2.45, 2.75) is 70.4 Å². The van der Waals surface area contributed by atoms with E-state index < -0.39 is 0 Å². The van der Waals surface area contributed by atoms with E-state index in [1.54, 1.807) is 5.56 Å². The Morgan fingerprint density at radius 3 is 2.44 bits per heavy atom. The minimum Gasteiger partial charge on any atom is -0.363 e. The molecule has 1 aromatic carbocycles. The molecular formula is C17H25N. The molecule has 0 amide bonds. The highest BCUT2D eigenvalue weighted by Gasteiger charge is 2.42. The van der Waals surface area contributed by atoms with Crippen LogP contribution in [0.4, 0.5) is 5.69 Å². The Kier molecular flexibility index (Phi) is 3.09. The van der Waals surface area contributed by atoms with Crippen molar-refractivity contribution in [2.75, 3.05) is 4.90 Å². The first kappa shape index (κ1) is 12.1. The molecule has 0 atom stereocenters. The normalized spacial score (nSPS) is 22.3. The van der Waals surface area contributed by atoms with Gasteiger partial charge in [-0.15, -0.1) is 0 Å². The van der Waals surface area contributed by atoms with Crippen LogP contribution in [-0.4, -0.2) is 11.6 Å². The predicted octanol–water partition coefficient (Wildman–Crippen LogP) is 4.55. The van der Waals surface area contributed by atoms with E-state index in [-0.39, 0.29) is 0 Å². The van der Waals surface area contributed by atoms with Crippen LogP contribution in [0.2, 0.25) is 0 Å². The topological polar surface area (TPSA) is 3.24 Å². The smallest absolute Gasteiger partial charge is 0.0408 e. The maximum absolute atomic E-state index is 2.75. The van der Waals surface area contributed by atoms with Gasteiger partial charge in [0, 0.05) is 17.3 Å². The second-order valence-corrected chi connectivity index (χ2v) is 6.38. The number of para-hydroxylation sites is 1. The molecule has 0 unspecified atom stereocenters. The first-order valence-corrected chi connectivity index (χ1v) is 7.60. The summed E-state index contributed by atoms with van der Waals surface area (Å²) in [4.78, 5) is 2.75. The van der Waals surface area contributed by atoms with E-state index in [4.69, 9.17) is 0 Å². The van der Waals surface area contributed by atoms with Crippen LogP contribution in [0.1, 0.15) is 57.9 Å². The zero-order valence-electron chi connectivity index (χ0n) is 11.8. The molecule has 3 rings (SSSR count). The summed E-state index contributed by atoms with van der Waals surface area (Å²) >= 11 is 0. The van der Waals surface area contributed by atoms with Crippen LogP contribution in [0.5, 0.6) is 0 Å². The fourth-order valence-corrected chi connectivity index (χ4v) is 4.23. The van der Waals surface area contributed by atoms with Gasteiger partial charge in [0.1, 0.15) is 0 Å². The van der Waals surface area contributed by atoms with Crippen molar-refractivity contribution in [3.63, 3.8) is 0 Å². The van der Waals surface area contributed by atoms with E-state index in [9.17, 15) is 0 Å². The molecule has 1 fully saturated rings. The maximum atomic E-state index is 2.75. The fraction of sp³-hybridized carbons (Fsp3) is 0.647. The van der Waals surface area contributed by atoms with Gasteiger partial charge >= 0.3 is 0 Å². The van der Waals surface area contributed by atoms with E-state index in [1.807, 2.05) is 0 Å². The van der Waals surface area contributed by atoms with E-state index in [1.165, 1.54) is 50.6 Å². The summed E-state index contributed by atoms with van der Waals surface area (Å²) in [6.07, 6.45) is 9.73. The lowest BCUT2D eigenvalue weighted by Gasteiger charge is -2.53. The van der Waals surface area contributed by atoms with Gasteiger partial charge in [-0.2, -0.15) is 0 Å². The standard InChI is InChI=1S/C17H25N/c1-14(2)18-16-9-5-4-8-15(16)10-13-17(18)11-6-3-7-12-17/h4-5,8-9,14H,3,6-7,10-13H2,1-2H3. The molecule has 0 aromatic heterocycles. The van der Waals surface area contributed by atoms with Gasteiger partial charge in [-0.25, -0.2) is 0 Å². The SMILES string of the molecule is CC(C)N1c2ccccc2CCC12CCCCC2. The number of fused-ring (bicyclic) bond motifs is 1. The van der Waals surface area contributed by atoms with Gasteiger partial charge in [0.05, 0.1) is 0 Å². The third-order valence-electron chi connectivity index (χ3n) is 4.92. The number of anilines is 1. The van der Waals surface area contributed by atoms with Gasteiger partial charge in [-0.3, -0.25) is 0 Å². The van der Waals surface area contributed by atoms with Gasteiger partial charge < -0.3 is 4.90 Å². The lowest BCUT2D eigenvalue weighted by atomic mass is 9.73. The van der Waals surface area contributed by atoms with Crippen molar-refractivity contribution in [3.8, 4) is 0 Å². The van der Waals surface area contributed by atoms with E-state index >= 15 is 0 Å². The highest BCUT2D eigenvalue weighted by atomic mass is 15.2. The maximum Gasteiger partial charge on any atom is 0.0408 e. The predicted molar refractivity (Wildman–Crippen MR) is 78.2 cm³/mol. The van der Waals surface area contributed by atoms with Crippen LogP contribution >= 0.6 is 0 Å². The van der Waals surface area contributed by atoms with Crippen molar-refractivity contribution in [1.29, 1.82) is 0 Å². The zero-order valence-corrected chi connectivity index (χ0v) is 11.8. The summed E-state index contributed by atoms with van der Waals surface area (Å²) in [5.41, 5.74) is 3.55. The molecule has 0 saturated heterocycles. The van der Waals surface area contributed by atoms with Crippen LogP contribution in [0, 0.1) is 0 Å². The van der Waals surface area contributed by atoms with E-state index in [2.05, 4.69) is 43.0 Å². The summed E-state index contributed by atoms with van der Waals surface area (Å²) in [7, 11) is 0. The Balaban J connectivity index is 2.03. The van der Waals surface area contributed by atoms with Crippen molar-refractivity contribution >= 4 is 5.69 Å². The first-order valence-electron chi connectivity index (χ1n) is 7.60. The number of nitrogens with zero attached hydrogens (tertiary/aromatic N) is 1. The van der Waals surface area contributed by atoms with Crippen LogP contribution in [0.25, 0.3) is 0 Å². The molecule has 2 aliphatic rings. The van der Waals surface area contributed by atoms with Crippen molar-refractivity contribution < 1.29 is 0 Å². The summed E-state index contributed by atoms with van der Waals surface area (Å²) in [6, 6.07) is 9.67. The lowest BCUT2D eigenvalue weighted by Crippen LogP contribution is -2.56. The van der Waals surface area contributed by atoms with Crippen LogP contribution in [0.3, 0.4) is 0 Å². The van der Waals surface area contributed by atoms with Gasteiger partial charge in [0.25, 0.3) is 0 Å².